The first-order chi connectivity index (χ1) is 16.2. The lowest BCUT2D eigenvalue weighted by Gasteiger charge is -2.29. The molecule has 3 fully saturated rings. The molecular formula is C27H34N4O2. The number of ketones is 1. The number of carbonyl (C=O) groups is 2. The summed E-state index contributed by atoms with van der Waals surface area (Å²) in [5.74, 6) is 1.34. The highest BCUT2D eigenvalue weighted by molar-refractivity contribution is 6.00. The predicted molar refractivity (Wildman–Crippen MR) is 128 cm³/mol. The van der Waals surface area contributed by atoms with E-state index < -0.39 is 0 Å². The first-order valence-electron chi connectivity index (χ1n) is 12.4. The SMILES string of the molecule is O=C(NC(CCN1CC2CNC[C@H]2[C@H]1C(=O)c1cccnc1)c1ccccc1)C1CCCC1. The maximum atomic E-state index is 13.5. The highest BCUT2D eigenvalue weighted by atomic mass is 16.2. The van der Waals surface area contributed by atoms with Crippen LogP contribution in [0.15, 0.2) is 54.9 Å². The number of Topliss-reactive ketones (excluding diaryl/α,β-unsaturated/α-hetero) is 1. The minimum absolute atomic E-state index is 0.0352. The molecule has 2 unspecified atom stereocenters. The number of hydrogen-bond acceptors (Lipinski definition) is 5. The summed E-state index contributed by atoms with van der Waals surface area (Å²) in [5.41, 5.74) is 1.83. The Kier molecular flexibility index (Phi) is 6.83. The minimum Gasteiger partial charge on any atom is -0.349 e. The molecule has 3 heterocycles. The van der Waals surface area contributed by atoms with Gasteiger partial charge in [-0.05, 0) is 55.3 Å². The van der Waals surface area contributed by atoms with E-state index in [9.17, 15) is 9.59 Å². The van der Waals surface area contributed by atoms with Gasteiger partial charge in [0.2, 0.25) is 5.91 Å². The summed E-state index contributed by atoms with van der Waals surface area (Å²) < 4.78 is 0. The molecule has 6 nitrogen and oxygen atoms in total. The number of carbonyl (C=O) groups excluding carboxylic acids is 2. The van der Waals surface area contributed by atoms with Crippen molar-refractivity contribution in [3.63, 3.8) is 0 Å². The zero-order chi connectivity index (χ0) is 22.6. The van der Waals surface area contributed by atoms with E-state index in [4.69, 9.17) is 0 Å². The molecule has 33 heavy (non-hydrogen) atoms. The van der Waals surface area contributed by atoms with E-state index in [1.165, 1.54) is 0 Å². The van der Waals surface area contributed by atoms with Crippen LogP contribution in [0.3, 0.4) is 0 Å². The number of rotatable bonds is 8. The van der Waals surface area contributed by atoms with E-state index in [-0.39, 0.29) is 29.7 Å². The molecule has 1 aromatic carbocycles. The van der Waals surface area contributed by atoms with Gasteiger partial charge in [0, 0.05) is 43.5 Å². The summed E-state index contributed by atoms with van der Waals surface area (Å²) in [5, 5.41) is 6.83. The lowest BCUT2D eigenvalue weighted by molar-refractivity contribution is -0.125. The Morgan fingerprint density at radius 1 is 1.09 bits per heavy atom. The van der Waals surface area contributed by atoms with E-state index in [0.29, 0.717) is 17.4 Å². The van der Waals surface area contributed by atoms with E-state index in [1.54, 1.807) is 12.4 Å². The molecule has 5 rings (SSSR count). The van der Waals surface area contributed by atoms with E-state index in [0.717, 1.165) is 63.8 Å². The highest BCUT2D eigenvalue weighted by Crippen LogP contribution is 2.35. The molecule has 3 aliphatic rings. The topological polar surface area (TPSA) is 74.3 Å². The first-order valence-corrected chi connectivity index (χ1v) is 12.4. The van der Waals surface area contributed by atoms with Gasteiger partial charge < -0.3 is 10.6 Å². The lowest BCUT2D eigenvalue weighted by atomic mass is 9.89. The van der Waals surface area contributed by atoms with E-state index >= 15 is 0 Å². The fraction of sp³-hybridized carbons (Fsp3) is 0.519. The van der Waals surface area contributed by atoms with Crippen LogP contribution < -0.4 is 10.6 Å². The fourth-order valence-corrected chi connectivity index (χ4v) is 6.06. The van der Waals surface area contributed by atoms with Crippen LogP contribution in [-0.2, 0) is 4.79 Å². The quantitative estimate of drug-likeness (QED) is 0.609. The summed E-state index contributed by atoms with van der Waals surface area (Å²) in [6.45, 7) is 3.57. The number of aromatic nitrogens is 1. The van der Waals surface area contributed by atoms with Crippen molar-refractivity contribution in [3.05, 3.63) is 66.0 Å². The van der Waals surface area contributed by atoms with Crippen molar-refractivity contribution in [3.8, 4) is 0 Å². The molecule has 4 atom stereocenters. The molecule has 1 aliphatic carbocycles. The number of hydrogen-bond donors (Lipinski definition) is 2. The average molecular weight is 447 g/mol. The van der Waals surface area contributed by atoms with Crippen LogP contribution in [0.25, 0.3) is 0 Å². The third-order valence-electron chi connectivity index (χ3n) is 7.82. The molecule has 1 amide bonds. The molecule has 174 valence electrons. The van der Waals surface area contributed by atoms with Gasteiger partial charge in [0.25, 0.3) is 0 Å². The van der Waals surface area contributed by atoms with Gasteiger partial charge in [0.05, 0.1) is 12.1 Å². The normalized spacial score (nSPS) is 26.2. The summed E-state index contributed by atoms with van der Waals surface area (Å²) >= 11 is 0. The lowest BCUT2D eigenvalue weighted by Crippen LogP contribution is -2.43. The molecule has 0 spiro atoms. The van der Waals surface area contributed by atoms with Crippen LogP contribution >= 0.6 is 0 Å². The Balaban J connectivity index is 1.31. The van der Waals surface area contributed by atoms with Crippen molar-refractivity contribution in [1.82, 2.24) is 20.5 Å². The highest BCUT2D eigenvalue weighted by Gasteiger charge is 2.47. The predicted octanol–water partition coefficient (Wildman–Crippen LogP) is 3.22. The summed E-state index contributed by atoms with van der Waals surface area (Å²) in [7, 11) is 0. The van der Waals surface area contributed by atoms with Gasteiger partial charge in [-0.15, -0.1) is 0 Å². The van der Waals surface area contributed by atoms with Crippen LogP contribution in [0.2, 0.25) is 0 Å². The number of likely N-dealkylation sites (tertiary alicyclic amines) is 1. The molecular weight excluding hydrogens is 412 g/mol. The number of nitrogens with one attached hydrogen (secondary N) is 2. The van der Waals surface area contributed by atoms with Crippen molar-refractivity contribution >= 4 is 11.7 Å². The molecule has 6 heteroatoms. The van der Waals surface area contributed by atoms with Crippen molar-refractivity contribution in [1.29, 1.82) is 0 Å². The van der Waals surface area contributed by atoms with Gasteiger partial charge in [-0.3, -0.25) is 19.5 Å². The minimum atomic E-state index is -0.129. The van der Waals surface area contributed by atoms with Gasteiger partial charge in [-0.25, -0.2) is 0 Å². The Morgan fingerprint density at radius 2 is 1.91 bits per heavy atom. The van der Waals surface area contributed by atoms with Crippen molar-refractivity contribution in [2.45, 2.75) is 44.2 Å². The van der Waals surface area contributed by atoms with Crippen LogP contribution in [0, 0.1) is 17.8 Å². The molecule has 2 aromatic rings. The molecule has 1 saturated carbocycles. The second-order valence-corrected chi connectivity index (χ2v) is 9.87. The zero-order valence-electron chi connectivity index (χ0n) is 19.2. The standard InChI is InChI=1S/C27H34N4O2/c32-26(21-11-6-13-28-15-21)25-23-17-29-16-22(23)18-31(25)14-12-24(19-7-2-1-3-8-19)30-27(33)20-9-4-5-10-20/h1-3,6-8,11,13,15,20,22-25,29H,4-5,9-10,12,14,16-18H2,(H,30,33)/t22?,23-,24?,25+/m1/s1. The molecule has 2 aliphatic heterocycles. The van der Waals surface area contributed by atoms with E-state index in [2.05, 4.69) is 32.7 Å². The van der Waals surface area contributed by atoms with Crippen LogP contribution in [-0.4, -0.2) is 53.8 Å². The van der Waals surface area contributed by atoms with Gasteiger partial charge >= 0.3 is 0 Å². The van der Waals surface area contributed by atoms with Crippen LogP contribution in [0.4, 0.5) is 0 Å². The van der Waals surface area contributed by atoms with Crippen molar-refractivity contribution in [2.24, 2.45) is 17.8 Å². The Bertz CT molecular complexity index is 945. The van der Waals surface area contributed by atoms with Crippen molar-refractivity contribution < 1.29 is 9.59 Å². The Labute approximate surface area is 196 Å². The monoisotopic (exact) mass is 446 g/mol. The summed E-state index contributed by atoms with van der Waals surface area (Å²) in [6, 6.07) is 13.8. The Morgan fingerprint density at radius 3 is 2.67 bits per heavy atom. The molecule has 1 aromatic heterocycles. The zero-order valence-corrected chi connectivity index (χ0v) is 19.2. The number of benzene rings is 1. The molecule has 2 N–H and O–H groups in total. The van der Waals surface area contributed by atoms with Crippen LogP contribution in [0.1, 0.15) is 54.1 Å². The average Bonchev–Trinajstić information content (AvgIpc) is 3.60. The van der Waals surface area contributed by atoms with Crippen LogP contribution in [0.5, 0.6) is 0 Å². The number of nitrogens with zero attached hydrogens (tertiary/aromatic N) is 2. The smallest absolute Gasteiger partial charge is 0.223 e. The second kappa shape index (κ2) is 10.1. The van der Waals surface area contributed by atoms with Crippen molar-refractivity contribution in [2.75, 3.05) is 26.2 Å². The summed E-state index contributed by atoms with van der Waals surface area (Å²) in [6.07, 6.45) is 8.49. The van der Waals surface area contributed by atoms with Gasteiger partial charge in [0.1, 0.15) is 0 Å². The molecule has 0 bridgehead atoms. The summed E-state index contributed by atoms with van der Waals surface area (Å²) in [4.78, 5) is 33.0. The molecule has 2 saturated heterocycles. The maximum Gasteiger partial charge on any atom is 0.223 e. The van der Waals surface area contributed by atoms with Gasteiger partial charge in [-0.2, -0.15) is 0 Å². The Hall–Kier alpha value is -2.57. The molecule has 0 radical (unpaired) electrons. The number of fused-ring (bicyclic) bond motifs is 1. The first kappa shape index (κ1) is 22.2. The third kappa shape index (κ3) is 4.87. The van der Waals surface area contributed by atoms with Gasteiger partial charge in [0.15, 0.2) is 5.78 Å². The maximum absolute atomic E-state index is 13.5. The van der Waals surface area contributed by atoms with E-state index in [1.807, 2.05) is 30.3 Å². The fourth-order valence-electron chi connectivity index (χ4n) is 6.06. The number of pyridine rings is 1. The third-order valence-corrected chi connectivity index (χ3v) is 7.82. The number of amides is 1. The van der Waals surface area contributed by atoms with Gasteiger partial charge in [-0.1, -0.05) is 43.2 Å². The largest absolute Gasteiger partial charge is 0.349 e. The second-order valence-electron chi connectivity index (χ2n) is 9.87.